The fraction of sp³-hybridized carbons (Fsp3) is 0.400. The summed E-state index contributed by atoms with van der Waals surface area (Å²) in [5.41, 5.74) is 0.965. The van der Waals surface area contributed by atoms with Gasteiger partial charge in [-0.2, -0.15) is 0 Å². The average molecular weight is 287 g/mol. The van der Waals surface area contributed by atoms with E-state index in [2.05, 4.69) is 32.5 Å². The second kappa shape index (κ2) is 8.16. The van der Waals surface area contributed by atoms with Gasteiger partial charge in [-0.25, -0.2) is 9.97 Å². The molecule has 0 unspecified atom stereocenters. The molecular formula is C15H21N5O. The molecule has 0 saturated heterocycles. The van der Waals surface area contributed by atoms with Gasteiger partial charge in [0.2, 0.25) is 0 Å². The van der Waals surface area contributed by atoms with Crippen LogP contribution in [0.3, 0.4) is 0 Å². The monoisotopic (exact) mass is 287 g/mol. The number of nitrogens with zero attached hydrogens (tertiary/aromatic N) is 3. The second-order valence-electron chi connectivity index (χ2n) is 4.59. The molecule has 6 heteroatoms. The summed E-state index contributed by atoms with van der Waals surface area (Å²) >= 11 is 0. The molecule has 0 aliphatic carbocycles. The maximum Gasteiger partial charge on any atom is 0.158 e. The summed E-state index contributed by atoms with van der Waals surface area (Å²) in [5.74, 6) is 2.23. The maximum absolute atomic E-state index is 5.11. The van der Waals surface area contributed by atoms with Crippen LogP contribution in [0.5, 0.6) is 0 Å². The van der Waals surface area contributed by atoms with E-state index in [1.54, 1.807) is 13.3 Å². The summed E-state index contributed by atoms with van der Waals surface area (Å²) in [4.78, 5) is 13.1. The molecule has 2 aromatic heterocycles. The Labute approximate surface area is 125 Å². The minimum absolute atomic E-state index is 0.389. The number of aromatic nitrogens is 3. The quantitative estimate of drug-likeness (QED) is 0.777. The van der Waals surface area contributed by atoms with Crippen molar-refractivity contribution in [1.82, 2.24) is 15.0 Å². The first kappa shape index (κ1) is 15.2. The number of anilines is 2. The van der Waals surface area contributed by atoms with Crippen molar-refractivity contribution in [2.75, 3.05) is 24.3 Å². The number of ether oxygens (including phenoxy) is 1. The van der Waals surface area contributed by atoms with Crippen molar-refractivity contribution in [3.05, 3.63) is 42.0 Å². The topological polar surface area (TPSA) is 72.0 Å². The molecule has 0 amide bonds. The van der Waals surface area contributed by atoms with E-state index in [1.807, 2.05) is 24.3 Å². The Morgan fingerprint density at radius 3 is 2.62 bits per heavy atom. The van der Waals surface area contributed by atoms with Gasteiger partial charge in [-0.3, -0.25) is 4.98 Å². The molecule has 0 fully saturated rings. The maximum atomic E-state index is 5.11. The normalized spacial score (nSPS) is 10.4. The van der Waals surface area contributed by atoms with Gasteiger partial charge in [0.1, 0.15) is 18.2 Å². The van der Waals surface area contributed by atoms with Gasteiger partial charge in [-0.05, 0) is 18.6 Å². The van der Waals surface area contributed by atoms with E-state index < -0.39 is 0 Å². The molecule has 0 bridgehead atoms. The lowest BCUT2D eigenvalue weighted by Crippen LogP contribution is -2.09. The van der Waals surface area contributed by atoms with Crippen LogP contribution in [0, 0.1) is 0 Å². The van der Waals surface area contributed by atoms with Crippen LogP contribution >= 0.6 is 0 Å². The third-order valence-electron chi connectivity index (χ3n) is 2.78. The molecular weight excluding hydrogens is 266 g/mol. The Bertz CT molecular complexity index is 547. The average Bonchev–Trinajstić information content (AvgIpc) is 2.52. The van der Waals surface area contributed by atoms with Gasteiger partial charge < -0.3 is 15.4 Å². The molecule has 0 spiro atoms. The Morgan fingerprint density at radius 2 is 1.95 bits per heavy atom. The lowest BCUT2D eigenvalue weighted by Gasteiger charge is -2.10. The fourth-order valence-corrected chi connectivity index (χ4v) is 1.81. The van der Waals surface area contributed by atoms with Crippen molar-refractivity contribution in [2.45, 2.75) is 26.5 Å². The predicted molar refractivity (Wildman–Crippen MR) is 83.1 cm³/mol. The van der Waals surface area contributed by atoms with Crippen LogP contribution in [0.15, 0.2) is 30.5 Å². The van der Waals surface area contributed by atoms with E-state index in [0.717, 1.165) is 30.3 Å². The SMILES string of the molecule is CCCNc1cc(NCc2ccccn2)nc(COC)n1. The minimum Gasteiger partial charge on any atom is -0.377 e. The van der Waals surface area contributed by atoms with Crippen molar-refractivity contribution >= 4 is 11.6 Å². The zero-order valence-corrected chi connectivity index (χ0v) is 12.5. The molecule has 21 heavy (non-hydrogen) atoms. The van der Waals surface area contributed by atoms with Crippen molar-refractivity contribution in [3.8, 4) is 0 Å². The highest BCUT2D eigenvalue weighted by Crippen LogP contribution is 2.13. The van der Waals surface area contributed by atoms with Crippen LogP contribution in [-0.2, 0) is 17.9 Å². The van der Waals surface area contributed by atoms with Gasteiger partial charge in [0, 0.05) is 25.9 Å². The molecule has 2 aromatic rings. The highest BCUT2D eigenvalue weighted by molar-refractivity contribution is 5.47. The third-order valence-corrected chi connectivity index (χ3v) is 2.78. The number of pyridine rings is 1. The molecule has 0 aliphatic rings. The Hall–Kier alpha value is -2.21. The molecule has 112 valence electrons. The van der Waals surface area contributed by atoms with E-state index in [-0.39, 0.29) is 0 Å². The van der Waals surface area contributed by atoms with Gasteiger partial charge in [0.25, 0.3) is 0 Å². The first-order chi connectivity index (χ1) is 10.3. The zero-order valence-electron chi connectivity index (χ0n) is 12.5. The summed E-state index contributed by atoms with van der Waals surface area (Å²) in [6.45, 7) is 4.00. The molecule has 0 aliphatic heterocycles. The largest absolute Gasteiger partial charge is 0.377 e. The summed E-state index contributed by atoms with van der Waals surface area (Å²) in [7, 11) is 1.64. The van der Waals surface area contributed by atoms with Crippen LogP contribution in [0.25, 0.3) is 0 Å². The molecule has 0 atom stereocenters. The van der Waals surface area contributed by atoms with E-state index in [0.29, 0.717) is 19.0 Å². The van der Waals surface area contributed by atoms with E-state index in [1.165, 1.54) is 0 Å². The van der Waals surface area contributed by atoms with Crippen LogP contribution in [0.2, 0.25) is 0 Å². The summed E-state index contributed by atoms with van der Waals surface area (Å²) in [6.07, 6.45) is 2.82. The van der Waals surface area contributed by atoms with Crippen LogP contribution in [0.4, 0.5) is 11.6 Å². The standard InChI is InChI=1S/C15H21N5O/c1-3-7-17-13-9-14(20-15(19-13)11-21-2)18-10-12-6-4-5-8-16-12/h4-6,8-9H,3,7,10-11H2,1-2H3,(H2,17,18,19,20). The number of methoxy groups -OCH3 is 1. The molecule has 0 aromatic carbocycles. The fourth-order valence-electron chi connectivity index (χ4n) is 1.81. The van der Waals surface area contributed by atoms with Crippen molar-refractivity contribution in [1.29, 1.82) is 0 Å². The van der Waals surface area contributed by atoms with Crippen molar-refractivity contribution in [2.24, 2.45) is 0 Å². The number of nitrogens with one attached hydrogen (secondary N) is 2. The van der Waals surface area contributed by atoms with Crippen molar-refractivity contribution in [3.63, 3.8) is 0 Å². The smallest absolute Gasteiger partial charge is 0.158 e. The van der Waals surface area contributed by atoms with E-state index in [4.69, 9.17) is 4.74 Å². The Morgan fingerprint density at radius 1 is 1.14 bits per heavy atom. The first-order valence-electron chi connectivity index (χ1n) is 7.06. The summed E-state index contributed by atoms with van der Waals surface area (Å²) in [5, 5.41) is 6.54. The first-order valence-corrected chi connectivity index (χ1v) is 7.06. The van der Waals surface area contributed by atoms with Crippen LogP contribution in [0.1, 0.15) is 24.9 Å². The number of rotatable bonds is 8. The van der Waals surface area contributed by atoms with Gasteiger partial charge in [-0.1, -0.05) is 13.0 Å². The van der Waals surface area contributed by atoms with Crippen molar-refractivity contribution < 1.29 is 4.74 Å². The van der Waals surface area contributed by atoms with Crippen LogP contribution in [-0.4, -0.2) is 28.6 Å². The van der Waals surface area contributed by atoms with Gasteiger partial charge in [0.05, 0.1) is 12.2 Å². The Balaban J connectivity index is 2.07. The lowest BCUT2D eigenvalue weighted by molar-refractivity contribution is 0.178. The summed E-state index contributed by atoms with van der Waals surface area (Å²) < 4.78 is 5.11. The third kappa shape index (κ3) is 5.00. The summed E-state index contributed by atoms with van der Waals surface area (Å²) in [6, 6.07) is 7.74. The second-order valence-corrected chi connectivity index (χ2v) is 4.59. The van der Waals surface area contributed by atoms with Gasteiger partial charge in [-0.15, -0.1) is 0 Å². The minimum atomic E-state index is 0.389. The molecule has 2 N–H and O–H groups in total. The number of hydrogen-bond donors (Lipinski definition) is 2. The van der Waals surface area contributed by atoms with Crippen LogP contribution < -0.4 is 10.6 Å². The predicted octanol–water partition coefficient (Wildman–Crippen LogP) is 2.45. The molecule has 2 heterocycles. The lowest BCUT2D eigenvalue weighted by atomic mass is 10.3. The van der Waals surface area contributed by atoms with E-state index >= 15 is 0 Å². The Kier molecular flexibility index (Phi) is 5.90. The molecule has 0 saturated carbocycles. The number of hydrogen-bond acceptors (Lipinski definition) is 6. The van der Waals surface area contributed by atoms with Gasteiger partial charge >= 0.3 is 0 Å². The van der Waals surface area contributed by atoms with Gasteiger partial charge in [0.15, 0.2) is 5.82 Å². The molecule has 6 nitrogen and oxygen atoms in total. The molecule has 2 rings (SSSR count). The highest BCUT2D eigenvalue weighted by atomic mass is 16.5. The highest BCUT2D eigenvalue weighted by Gasteiger charge is 2.04. The van der Waals surface area contributed by atoms with E-state index in [9.17, 15) is 0 Å². The zero-order chi connectivity index (χ0) is 14.9. The molecule has 0 radical (unpaired) electrons.